The minimum absolute atomic E-state index is 0.137. The zero-order valence-electron chi connectivity index (χ0n) is 8.46. The Labute approximate surface area is 102 Å². The van der Waals surface area contributed by atoms with Gasteiger partial charge in [-0.2, -0.15) is 10.1 Å². The topological polar surface area (TPSA) is 66.5 Å². The number of nitrogens with one attached hydrogen (secondary N) is 2. The van der Waals surface area contributed by atoms with Gasteiger partial charge in [0.15, 0.2) is 11.6 Å². The Hall–Kier alpha value is -1.33. The fraction of sp³-hybridized carbons (Fsp3) is 0.222. The number of aromatic nitrogens is 4. The van der Waals surface area contributed by atoms with E-state index < -0.39 is 0 Å². The van der Waals surface area contributed by atoms with Crippen molar-refractivity contribution in [3.63, 3.8) is 0 Å². The van der Waals surface area contributed by atoms with Crippen LogP contribution in [0.1, 0.15) is 12.6 Å². The second kappa shape index (κ2) is 4.67. The van der Waals surface area contributed by atoms with Crippen molar-refractivity contribution in [3.8, 4) is 0 Å². The lowest BCUT2D eigenvalue weighted by atomic mass is 10.3. The Morgan fingerprint density at radius 3 is 2.94 bits per heavy atom. The SMILES string of the molecule is CCc1cc(Nc2nc(Cl)ncc2Cl)n[nH]1. The van der Waals surface area contributed by atoms with Gasteiger partial charge in [0.1, 0.15) is 5.02 Å². The summed E-state index contributed by atoms with van der Waals surface area (Å²) in [6.07, 6.45) is 2.32. The molecule has 5 nitrogen and oxygen atoms in total. The highest BCUT2D eigenvalue weighted by molar-refractivity contribution is 6.33. The fourth-order valence-corrected chi connectivity index (χ4v) is 1.43. The van der Waals surface area contributed by atoms with Gasteiger partial charge >= 0.3 is 0 Å². The quantitative estimate of drug-likeness (QED) is 0.830. The molecule has 7 heteroatoms. The van der Waals surface area contributed by atoms with Crippen LogP contribution in [0.3, 0.4) is 0 Å². The van der Waals surface area contributed by atoms with Gasteiger partial charge in [0.05, 0.1) is 6.20 Å². The minimum atomic E-state index is 0.137. The molecule has 0 saturated carbocycles. The third-order valence-corrected chi connectivity index (χ3v) is 2.43. The van der Waals surface area contributed by atoms with Crippen LogP contribution in [-0.2, 0) is 6.42 Å². The summed E-state index contributed by atoms with van der Waals surface area (Å²) >= 11 is 11.6. The lowest BCUT2D eigenvalue weighted by Gasteiger charge is -2.03. The van der Waals surface area contributed by atoms with E-state index in [1.807, 2.05) is 13.0 Å². The van der Waals surface area contributed by atoms with Gasteiger partial charge in [-0.25, -0.2) is 4.98 Å². The van der Waals surface area contributed by atoms with Gasteiger partial charge in [-0.15, -0.1) is 0 Å². The average molecular weight is 258 g/mol. The molecule has 2 heterocycles. The molecule has 0 bridgehead atoms. The molecule has 2 aromatic rings. The number of H-pyrrole nitrogens is 1. The smallest absolute Gasteiger partial charge is 0.224 e. The number of hydrogen-bond acceptors (Lipinski definition) is 4. The molecule has 0 saturated heterocycles. The van der Waals surface area contributed by atoms with Gasteiger partial charge in [0, 0.05) is 11.8 Å². The van der Waals surface area contributed by atoms with E-state index in [2.05, 4.69) is 25.5 Å². The predicted molar refractivity (Wildman–Crippen MR) is 63.3 cm³/mol. The van der Waals surface area contributed by atoms with Crippen molar-refractivity contribution in [2.24, 2.45) is 0 Å². The van der Waals surface area contributed by atoms with Crippen molar-refractivity contribution in [3.05, 3.63) is 28.3 Å². The molecular formula is C9H9Cl2N5. The second-order valence-electron chi connectivity index (χ2n) is 3.09. The van der Waals surface area contributed by atoms with E-state index in [-0.39, 0.29) is 5.28 Å². The number of nitrogens with zero attached hydrogens (tertiary/aromatic N) is 3. The summed E-state index contributed by atoms with van der Waals surface area (Å²) in [5.74, 6) is 1.09. The van der Waals surface area contributed by atoms with Crippen molar-refractivity contribution in [2.45, 2.75) is 13.3 Å². The highest BCUT2D eigenvalue weighted by Crippen LogP contribution is 2.22. The van der Waals surface area contributed by atoms with E-state index in [9.17, 15) is 0 Å². The van der Waals surface area contributed by atoms with E-state index in [1.54, 1.807) is 0 Å². The number of aromatic amines is 1. The maximum absolute atomic E-state index is 5.90. The summed E-state index contributed by atoms with van der Waals surface area (Å²) in [5.41, 5.74) is 1.03. The monoisotopic (exact) mass is 257 g/mol. The van der Waals surface area contributed by atoms with E-state index in [0.717, 1.165) is 12.1 Å². The molecule has 0 aliphatic carbocycles. The van der Waals surface area contributed by atoms with E-state index >= 15 is 0 Å². The van der Waals surface area contributed by atoms with Gasteiger partial charge in [0.2, 0.25) is 5.28 Å². The molecule has 0 fully saturated rings. The van der Waals surface area contributed by atoms with Gasteiger partial charge in [0.25, 0.3) is 0 Å². The molecule has 0 unspecified atom stereocenters. The molecule has 0 aliphatic rings. The number of halogens is 2. The van der Waals surface area contributed by atoms with Crippen molar-refractivity contribution < 1.29 is 0 Å². The molecule has 0 amide bonds. The van der Waals surface area contributed by atoms with Crippen molar-refractivity contribution in [1.82, 2.24) is 20.2 Å². The van der Waals surface area contributed by atoms with Crippen LogP contribution in [-0.4, -0.2) is 20.2 Å². The number of aryl methyl sites for hydroxylation is 1. The first kappa shape index (κ1) is 11.2. The van der Waals surface area contributed by atoms with E-state index in [0.29, 0.717) is 16.7 Å². The third kappa shape index (κ3) is 2.43. The maximum atomic E-state index is 5.90. The molecule has 16 heavy (non-hydrogen) atoms. The molecule has 0 atom stereocenters. The number of hydrogen-bond donors (Lipinski definition) is 2. The van der Waals surface area contributed by atoms with Gasteiger partial charge in [-0.3, -0.25) is 5.10 Å². The standard InChI is InChI=1S/C9H9Cl2N5/c1-2-5-3-7(16-15-5)13-8-6(10)4-12-9(11)14-8/h3-4H,2H2,1H3,(H2,12,13,14,15,16). The van der Waals surface area contributed by atoms with E-state index in [1.165, 1.54) is 6.20 Å². The van der Waals surface area contributed by atoms with Crippen LogP contribution in [0, 0.1) is 0 Å². The Bertz CT molecular complexity index is 496. The summed E-state index contributed by atoms with van der Waals surface area (Å²) in [6.45, 7) is 2.03. The molecule has 0 aliphatic heterocycles. The Morgan fingerprint density at radius 1 is 1.44 bits per heavy atom. The lowest BCUT2D eigenvalue weighted by molar-refractivity contribution is 0.975. The van der Waals surface area contributed by atoms with Gasteiger partial charge in [-0.05, 0) is 18.0 Å². The zero-order chi connectivity index (χ0) is 11.5. The maximum Gasteiger partial charge on any atom is 0.224 e. The van der Waals surface area contributed by atoms with Crippen molar-refractivity contribution in [2.75, 3.05) is 5.32 Å². The van der Waals surface area contributed by atoms with Crippen molar-refractivity contribution in [1.29, 1.82) is 0 Å². The van der Waals surface area contributed by atoms with Crippen LogP contribution in [0.15, 0.2) is 12.3 Å². The highest BCUT2D eigenvalue weighted by Gasteiger charge is 2.06. The fourth-order valence-electron chi connectivity index (χ4n) is 1.16. The molecule has 2 rings (SSSR count). The van der Waals surface area contributed by atoms with Crippen LogP contribution in [0.4, 0.5) is 11.6 Å². The van der Waals surface area contributed by atoms with Crippen LogP contribution in [0.2, 0.25) is 10.3 Å². The molecule has 0 aromatic carbocycles. The molecule has 0 spiro atoms. The summed E-state index contributed by atoms with van der Waals surface area (Å²) in [5, 5.41) is 10.4. The first-order valence-electron chi connectivity index (χ1n) is 4.68. The largest absolute Gasteiger partial charge is 0.322 e. The molecule has 2 N–H and O–H groups in total. The Balaban J connectivity index is 2.22. The zero-order valence-corrected chi connectivity index (χ0v) is 9.97. The van der Waals surface area contributed by atoms with E-state index in [4.69, 9.17) is 23.2 Å². The molecule has 2 aromatic heterocycles. The van der Waals surface area contributed by atoms with Crippen LogP contribution < -0.4 is 5.32 Å². The Morgan fingerprint density at radius 2 is 2.25 bits per heavy atom. The minimum Gasteiger partial charge on any atom is -0.322 e. The van der Waals surface area contributed by atoms with Gasteiger partial charge in [-0.1, -0.05) is 18.5 Å². The second-order valence-corrected chi connectivity index (χ2v) is 3.84. The number of anilines is 2. The summed E-state index contributed by atoms with van der Waals surface area (Å²) < 4.78 is 0. The summed E-state index contributed by atoms with van der Waals surface area (Å²) in [4.78, 5) is 7.72. The van der Waals surface area contributed by atoms with Crippen LogP contribution in [0.25, 0.3) is 0 Å². The molecule has 0 radical (unpaired) electrons. The van der Waals surface area contributed by atoms with Crippen LogP contribution >= 0.6 is 23.2 Å². The third-order valence-electron chi connectivity index (χ3n) is 1.97. The first-order chi connectivity index (χ1) is 7.69. The average Bonchev–Trinajstić information content (AvgIpc) is 2.71. The predicted octanol–water partition coefficient (Wildman–Crippen LogP) is 2.81. The van der Waals surface area contributed by atoms with Crippen LogP contribution in [0.5, 0.6) is 0 Å². The number of rotatable bonds is 3. The molecule has 84 valence electrons. The lowest BCUT2D eigenvalue weighted by Crippen LogP contribution is -1.96. The summed E-state index contributed by atoms with van der Waals surface area (Å²) in [6, 6.07) is 1.88. The highest BCUT2D eigenvalue weighted by atomic mass is 35.5. The van der Waals surface area contributed by atoms with Gasteiger partial charge < -0.3 is 5.32 Å². The molecular weight excluding hydrogens is 249 g/mol. The normalized spacial score (nSPS) is 10.4. The first-order valence-corrected chi connectivity index (χ1v) is 5.44. The Kier molecular flexibility index (Phi) is 3.26. The van der Waals surface area contributed by atoms with Crippen molar-refractivity contribution >= 4 is 34.8 Å². The summed E-state index contributed by atoms with van der Waals surface area (Å²) in [7, 11) is 0.